The summed E-state index contributed by atoms with van der Waals surface area (Å²) in [4.78, 5) is 20.9. The van der Waals surface area contributed by atoms with Crippen LogP contribution in [-0.2, 0) is 16.0 Å². The van der Waals surface area contributed by atoms with Gasteiger partial charge in [0.2, 0.25) is 0 Å². The first-order valence-corrected chi connectivity index (χ1v) is 13.3. The van der Waals surface area contributed by atoms with Gasteiger partial charge in [-0.05, 0) is 36.2 Å². The highest BCUT2D eigenvalue weighted by molar-refractivity contribution is 6.35. The van der Waals surface area contributed by atoms with Crippen LogP contribution >= 0.6 is 23.2 Å². The number of pyridine rings is 1. The van der Waals surface area contributed by atoms with Crippen molar-refractivity contribution >= 4 is 45.6 Å². The fourth-order valence-corrected chi connectivity index (χ4v) is 6.00. The van der Waals surface area contributed by atoms with E-state index in [9.17, 15) is 4.79 Å². The monoisotopic (exact) mass is 532 g/mol. The van der Waals surface area contributed by atoms with Crippen molar-refractivity contribution in [3.8, 4) is 16.9 Å². The summed E-state index contributed by atoms with van der Waals surface area (Å²) in [7, 11) is 0. The number of hydrogen-bond donors (Lipinski definition) is 0. The summed E-state index contributed by atoms with van der Waals surface area (Å²) in [5.41, 5.74) is 5.68. The van der Waals surface area contributed by atoms with Crippen molar-refractivity contribution < 1.29 is 14.3 Å². The van der Waals surface area contributed by atoms with E-state index in [0.717, 1.165) is 57.7 Å². The number of ketones is 1. The van der Waals surface area contributed by atoms with Crippen LogP contribution in [0.2, 0.25) is 10.0 Å². The number of carbonyl (C=O) groups is 1. The highest BCUT2D eigenvalue weighted by atomic mass is 35.5. The molecule has 188 valence electrons. The lowest BCUT2D eigenvalue weighted by molar-refractivity contribution is -0.120. The number of para-hydroxylation sites is 2. The van der Waals surface area contributed by atoms with E-state index >= 15 is 0 Å². The Morgan fingerprint density at radius 3 is 2.57 bits per heavy atom. The van der Waals surface area contributed by atoms with E-state index in [4.69, 9.17) is 37.7 Å². The van der Waals surface area contributed by atoms with Gasteiger partial charge in [-0.3, -0.25) is 9.78 Å². The van der Waals surface area contributed by atoms with E-state index in [1.54, 1.807) is 6.07 Å². The second-order valence-corrected chi connectivity index (χ2v) is 10.3. The maximum Gasteiger partial charge on any atom is 0.145 e. The van der Waals surface area contributed by atoms with Gasteiger partial charge < -0.3 is 14.4 Å². The van der Waals surface area contributed by atoms with Crippen LogP contribution in [0.4, 0.5) is 5.69 Å². The zero-order valence-electron chi connectivity index (χ0n) is 20.3. The number of rotatable bonds is 5. The van der Waals surface area contributed by atoms with E-state index in [1.165, 1.54) is 0 Å². The van der Waals surface area contributed by atoms with Crippen molar-refractivity contribution in [2.45, 2.75) is 18.8 Å². The topological polar surface area (TPSA) is 51.7 Å². The third kappa shape index (κ3) is 4.79. The van der Waals surface area contributed by atoms with Gasteiger partial charge in [0.15, 0.2) is 0 Å². The van der Waals surface area contributed by atoms with Gasteiger partial charge in [0.25, 0.3) is 0 Å². The molecule has 7 heteroatoms. The molecular weight excluding hydrogens is 507 g/mol. The number of morpholine rings is 1. The number of benzene rings is 3. The Bertz CT molecular complexity index is 1460. The first-order valence-electron chi connectivity index (χ1n) is 12.5. The number of nitrogens with zero attached hydrogens (tertiary/aromatic N) is 2. The number of hydrogen-bond acceptors (Lipinski definition) is 5. The highest BCUT2D eigenvalue weighted by Crippen LogP contribution is 2.39. The highest BCUT2D eigenvalue weighted by Gasteiger charge is 2.29. The van der Waals surface area contributed by atoms with Gasteiger partial charge in [-0.2, -0.15) is 0 Å². The fraction of sp³-hybridized carbons (Fsp3) is 0.267. The quantitative estimate of drug-likeness (QED) is 0.285. The molecule has 37 heavy (non-hydrogen) atoms. The van der Waals surface area contributed by atoms with Crippen LogP contribution in [0.25, 0.3) is 22.0 Å². The molecule has 1 aromatic heterocycles. The van der Waals surface area contributed by atoms with Gasteiger partial charge in [0.05, 0.1) is 31.0 Å². The van der Waals surface area contributed by atoms with Crippen LogP contribution in [0.5, 0.6) is 5.75 Å². The standard InChI is InChI=1S/C30H26Cl2N2O3/c31-21-14-19(15-22(32)17-21)23-5-3-6-26-29(23)33-18-20(30(26)34-9-12-36-13-10-34)16-27(35)24-8-11-37-28-7-2-1-4-25(24)28/h1-7,14-15,17-18,24H,8-13,16H2/t24-/m1/s1. The van der Waals surface area contributed by atoms with Crippen molar-refractivity contribution in [2.75, 3.05) is 37.8 Å². The zero-order chi connectivity index (χ0) is 25.4. The molecule has 0 radical (unpaired) electrons. The molecule has 2 aliphatic heterocycles. The molecular formula is C30H26Cl2N2O3. The molecule has 0 spiro atoms. The van der Waals surface area contributed by atoms with Crippen LogP contribution in [0, 0.1) is 0 Å². The Labute approximate surface area is 225 Å². The lowest BCUT2D eigenvalue weighted by atomic mass is 9.86. The average molecular weight is 533 g/mol. The largest absolute Gasteiger partial charge is 0.493 e. The predicted molar refractivity (Wildman–Crippen MR) is 148 cm³/mol. The summed E-state index contributed by atoms with van der Waals surface area (Å²) < 4.78 is 11.4. The van der Waals surface area contributed by atoms with Crippen LogP contribution in [0.15, 0.2) is 66.9 Å². The number of carbonyl (C=O) groups excluding carboxylic acids is 1. The first-order chi connectivity index (χ1) is 18.1. The van der Waals surface area contributed by atoms with Crippen LogP contribution < -0.4 is 9.64 Å². The van der Waals surface area contributed by atoms with Crippen LogP contribution in [0.1, 0.15) is 23.5 Å². The minimum Gasteiger partial charge on any atom is -0.493 e. The van der Waals surface area contributed by atoms with E-state index in [2.05, 4.69) is 11.0 Å². The Kier molecular flexibility index (Phi) is 6.76. The molecule has 6 rings (SSSR count). The van der Waals surface area contributed by atoms with Crippen molar-refractivity contribution in [1.82, 2.24) is 4.98 Å². The summed E-state index contributed by atoms with van der Waals surface area (Å²) >= 11 is 12.6. The maximum atomic E-state index is 13.7. The van der Waals surface area contributed by atoms with Gasteiger partial charge in [0.1, 0.15) is 11.5 Å². The molecule has 3 heterocycles. The van der Waals surface area contributed by atoms with Crippen molar-refractivity contribution in [3.05, 3.63) is 88.0 Å². The number of anilines is 1. The fourth-order valence-electron chi connectivity index (χ4n) is 5.47. The van der Waals surface area contributed by atoms with Gasteiger partial charge in [-0.1, -0.05) is 59.6 Å². The number of fused-ring (bicyclic) bond motifs is 2. The van der Waals surface area contributed by atoms with Crippen molar-refractivity contribution in [1.29, 1.82) is 0 Å². The molecule has 0 N–H and O–H groups in total. The molecule has 1 saturated heterocycles. The molecule has 4 aromatic rings. The smallest absolute Gasteiger partial charge is 0.145 e. The molecule has 0 amide bonds. The van der Waals surface area contributed by atoms with E-state index in [1.807, 2.05) is 54.7 Å². The second kappa shape index (κ2) is 10.3. The minimum absolute atomic E-state index is 0.182. The number of aromatic nitrogens is 1. The molecule has 3 aromatic carbocycles. The van der Waals surface area contributed by atoms with Crippen LogP contribution in [0.3, 0.4) is 0 Å². The Balaban J connectivity index is 1.44. The van der Waals surface area contributed by atoms with Crippen molar-refractivity contribution in [2.24, 2.45) is 0 Å². The summed E-state index contributed by atoms with van der Waals surface area (Å²) in [6, 6.07) is 19.5. The van der Waals surface area contributed by atoms with Crippen LogP contribution in [-0.4, -0.2) is 43.7 Å². The molecule has 2 aliphatic rings. The summed E-state index contributed by atoms with van der Waals surface area (Å²) in [6.45, 7) is 3.36. The Morgan fingerprint density at radius 1 is 0.973 bits per heavy atom. The third-order valence-corrected chi connectivity index (χ3v) is 7.59. The average Bonchev–Trinajstić information content (AvgIpc) is 2.92. The lowest BCUT2D eigenvalue weighted by Gasteiger charge is -2.32. The van der Waals surface area contributed by atoms with Gasteiger partial charge in [0, 0.05) is 63.7 Å². The molecule has 5 nitrogen and oxygen atoms in total. The van der Waals surface area contributed by atoms with E-state index in [-0.39, 0.29) is 11.7 Å². The number of Topliss-reactive ketones (excluding diaryl/α,β-unsaturated/α-hetero) is 1. The molecule has 1 fully saturated rings. The molecule has 0 unspecified atom stereocenters. The number of halogens is 2. The first kappa shape index (κ1) is 24.2. The van der Waals surface area contributed by atoms with Gasteiger partial charge >= 0.3 is 0 Å². The molecule has 0 bridgehead atoms. The molecule has 0 aliphatic carbocycles. The summed E-state index contributed by atoms with van der Waals surface area (Å²) in [5.74, 6) is 0.810. The normalized spacial score (nSPS) is 17.4. The Morgan fingerprint density at radius 2 is 1.76 bits per heavy atom. The lowest BCUT2D eigenvalue weighted by Crippen LogP contribution is -2.37. The maximum absolute atomic E-state index is 13.7. The molecule has 1 atom stereocenters. The Hall–Kier alpha value is -3.12. The SMILES string of the molecule is O=C(Cc1cnc2c(-c3cc(Cl)cc(Cl)c3)cccc2c1N1CCOCC1)[C@@H]1CCOc2ccccc21. The van der Waals surface area contributed by atoms with Crippen molar-refractivity contribution in [3.63, 3.8) is 0 Å². The van der Waals surface area contributed by atoms with Gasteiger partial charge in [-0.25, -0.2) is 0 Å². The van der Waals surface area contributed by atoms with E-state index in [0.29, 0.717) is 42.7 Å². The van der Waals surface area contributed by atoms with E-state index < -0.39 is 0 Å². The zero-order valence-corrected chi connectivity index (χ0v) is 21.8. The summed E-state index contributed by atoms with van der Waals surface area (Å²) in [5, 5.41) is 2.16. The predicted octanol–water partition coefficient (Wildman–Crippen LogP) is 6.72. The molecule has 0 saturated carbocycles. The number of ether oxygens (including phenoxy) is 2. The minimum atomic E-state index is -0.182. The third-order valence-electron chi connectivity index (χ3n) is 7.16. The summed E-state index contributed by atoms with van der Waals surface area (Å²) in [6.07, 6.45) is 2.86. The van der Waals surface area contributed by atoms with Gasteiger partial charge in [-0.15, -0.1) is 0 Å². The second-order valence-electron chi connectivity index (χ2n) is 9.46.